The Morgan fingerprint density at radius 3 is 2.89 bits per heavy atom. The maximum Gasteiger partial charge on any atom is 0.257 e. The van der Waals surface area contributed by atoms with E-state index in [0.717, 1.165) is 23.4 Å². The minimum Gasteiger partial charge on any atom is -0.493 e. The second-order valence-electron chi connectivity index (χ2n) is 4.46. The Morgan fingerprint density at radius 2 is 2.05 bits per heavy atom. The molecule has 3 rings (SSSR count). The number of anilines is 2. The molecule has 0 bridgehead atoms. The summed E-state index contributed by atoms with van der Waals surface area (Å²) in [6.45, 7) is 0.707. The molecule has 0 fully saturated rings. The van der Waals surface area contributed by atoms with Crippen LogP contribution in [0, 0.1) is 0 Å². The number of hydrogen-bond donors (Lipinski definition) is 2. The molecule has 0 aliphatic carbocycles. The van der Waals surface area contributed by atoms with Gasteiger partial charge in [0, 0.05) is 17.8 Å². The van der Waals surface area contributed by atoms with Crippen LogP contribution in [-0.4, -0.2) is 12.5 Å². The zero-order valence-electron chi connectivity index (χ0n) is 10.3. The summed E-state index contributed by atoms with van der Waals surface area (Å²) in [5.41, 5.74) is 8.63. The van der Waals surface area contributed by atoms with Crippen LogP contribution in [0.4, 0.5) is 11.4 Å². The molecule has 1 aliphatic rings. The molecule has 2 aromatic rings. The first kappa shape index (κ1) is 11.6. The van der Waals surface area contributed by atoms with Gasteiger partial charge in [-0.1, -0.05) is 12.1 Å². The summed E-state index contributed by atoms with van der Waals surface area (Å²) >= 11 is 0. The number of carbonyl (C=O) groups excluding carboxylic acids is 1. The Balaban J connectivity index is 1.82. The number of nitrogen functional groups attached to an aromatic ring is 1. The molecule has 1 amide bonds. The summed E-state index contributed by atoms with van der Waals surface area (Å²) in [5, 5.41) is 2.85. The van der Waals surface area contributed by atoms with E-state index < -0.39 is 0 Å². The van der Waals surface area contributed by atoms with E-state index in [1.54, 1.807) is 24.3 Å². The molecule has 0 atom stereocenters. The Labute approximate surface area is 111 Å². The van der Waals surface area contributed by atoms with Crippen molar-refractivity contribution >= 4 is 17.3 Å². The van der Waals surface area contributed by atoms with E-state index >= 15 is 0 Å². The second kappa shape index (κ2) is 4.65. The van der Waals surface area contributed by atoms with Crippen molar-refractivity contribution in [3.63, 3.8) is 0 Å². The van der Waals surface area contributed by atoms with Gasteiger partial charge in [0.05, 0.1) is 12.2 Å². The first-order valence-corrected chi connectivity index (χ1v) is 6.15. The van der Waals surface area contributed by atoms with E-state index in [1.807, 2.05) is 18.2 Å². The van der Waals surface area contributed by atoms with Crippen molar-refractivity contribution in [3.05, 3.63) is 53.6 Å². The van der Waals surface area contributed by atoms with Crippen LogP contribution in [0.1, 0.15) is 15.9 Å². The molecule has 0 aromatic heterocycles. The summed E-state index contributed by atoms with van der Waals surface area (Å²) in [6.07, 6.45) is 0.881. The van der Waals surface area contributed by atoms with Crippen molar-refractivity contribution < 1.29 is 9.53 Å². The Morgan fingerprint density at radius 1 is 1.21 bits per heavy atom. The Kier molecular flexibility index (Phi) is 2.83. The lowest BCUT2D eigenvalue weighted by Crippen LogP contribution is -2.13. The Hall–Kier alpha value is -2.49. The highest BCUT2D eigenvalue weighted by Gasteiger charge is 2.14. The zero-order valence-corrected chi connectivity index (χ0v) is 10.3. The zero-order chi connectivity index (χ0) is 13.2. The summed E-state index contributed by atoms with van der Waals surface area (Å²) in [7, 11) is 0. The average molecular weight is 254 g/mol. The van der Waals surface area contributed by atoms with Gasteiger partial charge in [0.25, 0.3) is 5.91 Å². The number of para-hydroxylation sites is 1. The monoisotopic (exact) mass is 254 g/mol. The maximum atomic E-state index is 12.1. The minimum absolute atomic E-state index is 0.197. The van der Waals surface area contributed by atoms with Gasteiger partial charge in [-0.3, -0.25) is 4.79 Å². The molecular formula is C15H14N2O2. The van der Waals surface area contributed by atoms with Gasteiger partial charge in [0.1, 0.15) is 5.75 Å². The molecular weight excluding hydrogens is 240 g/mol. The third-order valence-electron chi connectivity index (χ3n) is 3.15. The third kappa shape index (κ3) is 2.25. The molecule has 4 nitrogen and oxygen atoms in total. The molecule has 4 heteroatoms. The van der Waals surface area contributed by atoms with Gasteiger partial charge >= 0.3 is 0 Å². The fourth-order valence-electron chi connectivity index (χ4n) is 2.17. The van der Waals surface area contributed by atoms with Gasteiger partial charge in [-0.2, -0.15) is 0 Å². The van der Waals surface area contributed by atoms with Crippen LogP contribution in [0.3, 0.4) is 0 Å². The molecule has 19 heavy (non-hydrogen) atoms. The topological polar surface area (TPSA) is 64.4 Å². The lowest BCUT2D eigenvalue weighted by atomic mass is 10.1. The smallest absolute Gasteiger partial charge is 0.257 e. The van der Waals surface area contributed by atoms with Gasteiger partial charge in [0.2, 0.25) is 0 Å². The minimum atomic E-state index is -0.197. The lowest BCUT2D eigenvalue weighted by Gasteiger charge is -2.08. The quantitative estimate of drug-likeness (QED) is 0.809. The molecule has 2 aromatic carbocycles. The van der Waals surface area contributed by atoms with Gasteiger partial charge < -0.3 is 15.8 Å². The van der Waals surface area contributed by atoms with Crippen LogP contribution in [-0.2, 0) is 6.42 Å². The average Bonchev–Trinajstić information content (AvgIpc) is 2.86. The van der Waals surface area contributed by atoms with Crippen LogP contribution in [0.25, 0.3) is 0 Å². The number of hydrogen-bond acceptors (Lipinski definition) is 3. The number of carbonyl (C=O) groups is 1. The van der Waals surface area contributed by atoms with Gasteiger partial charge in [0.15, 0.2) is 0 Å². The molecule has 3 N–H and O–H groups in total. The van der Waals surface area contributed by atoms with Gasteiger partial charge in [-0.25, -0.2) is 0 Å². The molecule has 0 saturated heterocycles. The van der Waals surface area contributed by atoms with Gasteiger partial charge in [-0.15, -0.1) is 0 Å². The summed E-state index contributed by atoms with van der Waals surface area (Å²) in [5.74, 6) is 0.703. The van der Waals surface area contributed by atoms with Crippen LogP contribution >= 0.6 is 0 Å². The Bertz CT molecular complexity index is 638. The molecule has 0 saturated carbocycles. The number of benzene rings is 2. The predicted octanol–water partition coefficient (Wildman–Crippen LogP) is 2.46. The number of ether oxygens (including phenoxy) is 1. The van der Waals surface area contributed by atoms with E-state index in [1.165, 1.54) is 0 Å². The first-order chi connectivity index (χ1) is 9.24. The number of amides is 1. The maximum absolute atomic E-state index is 12.1. The fraction of sp³-hybridized carbons (Fsp3) is 0.133. The number of nitrogens with two attached hydrogens (primary N) is 1. The molecule has 0 unspecified atom stereocenters. The van der Waals surface area contributed by atoms with E-state index in [0.29, 0.717) is 17.9 Å². The highest BCUT2D eigenvalue weighted by molar-refractivity contribution is 6.07. The molecule has 1 aliphatic heterocycles. The van der Waals surface area contributed by atoms with Crippen molar-refractivity contribution in [2.24, 2.45) is 0 Å². The SMILES string of the molecule is Nc1ccccc1C(=O)Nc1ccc2c(c1)CCO2. The van der Waals surface area contributed by atoms with Crippen LogP contribution in [0.5, 0.6) is 5.75 Å². The third-order valence-corrected chi connectivity index (χ3v) is 3.15. The molecule has 96 valence electrons. The van der Waals surface area contributed by atoms with Crippen molar-refractivity contribution in [2.75, 3.05) is 17.7 Å². The molecule has 1 heterocycles. The lowest BCUT2D eigenvalue weighted by molar-refractivity contribution is 0.102. The van der Waals surface area contributed by atoms with Crippen molar-refractivity contribution in [3.8, 4) is 5.75 Å². The van der Waals surface area contributed by atoms with Crippen LogP contribution in [0.15, 0.2) is 42.5 Å². The summed E-state index contributed by atoms with van der Waals surface area (Å²) in [4.78, 5) is 12.1. The standard InChI is InChI=1S/C15H14N2O2/c16-13-4-2-1-3-12(13)15(18)17-11-5-6-14-10(9-11)7-8-19-14/h1-6,9H,7-8,16H2,(H,17,18). The normalized spacial score (nSPS) is 12.6. The number of fused-ring (bicyclic) bond motifs is 1. The van der Waals surface area contributed by atoms with Crippen molar-refractivity contribution in [2.45, 2.75) is 6.42 Å². The largest absolute Gasteiger partial charge is 0.493 e. The summed E-state index contributed by atoms with van der Waals surface area (Å²) < 4.78 is 5.43. The van der Waals surface area contributed by atoms with E-state index in [-0.39, 0.29) is 5.91 Å². The van der Waals surface area contributed by atoms with Crippen molar-refractivity contribution in [1.82, 2.24) is 0 Å². The predicted molar refractivity (Wildman–Crippen MR) is 74.4 cm³/mol. The highest BCUT2D eigenvalue weighted by atomic mass is 16.5. The van der Waals surface area contributed by atoms with E-state index in [9.17, 15) is 4.79 Å². The second-order valence-corrected chi connectivity index (χ2v) is 4.46. The molecule has 0 radical (unpaired) electrons. The van der Waals surface area contributed by atoms with Crippen LogP contribution < -0.4 is 15.8 Å². The highest BCUT2D eigenvalue weighted by Crippen LogP contribution is 2.28. The van der Waals surface area contributed by atoms with Gasteiger partial charge in [-0.05, 0) is 35.9 Å². The summed E-state index contributed by atoms with van der Waals surface area (Å²) in [6, 6.07) is 12.7. The van der Waals surface area contributed by atoms with E-state index in [4.69, 9.17) is 10.5 Å². The van der Waals surface area contributed by atoms with E-state index in [2.05, 4.69) is 5.32 Å². The number of rotatable bonds is 2. The fourth-order valence-corrected chi connectivity index (χ4v) is 2.17. The number of nitrogens with one attached hydrogen (secondary N) is 1. The van der Waals surface area contributed by atoms with Crippen molar-refractivity contribution in [1.29, 1.82) is 0 Å². The molecule has 0 spiro atoms. The first-order valence-electron chi connectivity index (χ1n) is 6.15. The van der Waals surface area contributed by atoms with Crippen LogP contribution in [0.2, 0.25) is 0 Å².